The maximum absolute atomic E-state index is 12.0. The fraction of sp³-hybridized carbons (Fsp3) is 0.150. The van der Waals surface area contributed by atoms with Gasteiger partial charge in [-0.3, -0.25) is 0 Å². The SMILES string of the molecule is Cc1ccc(-c2nnn(CC(=O)OCc3coc(-c4ccccc4)n3)n2)cc1. The van der Waals surface area contributed by atoms with Crippen molar-refractivity contribution in [3.05, 3.63) is 72.1 Å². The van der Waals surface area contributed by atoms with Gasteiger partial charge in [-0.25, -0.2) is 9.78 Å². The number of aromatic nitrogens is 5. The molecule has 0 aliphatic rings. The number of rotatable bonds is 6. The smallest absolute Gasteiger partial charge is 0.330 e. The van der Waals surface area contributed by atoms with E-state index >= 15 is 0 Å². The number of esters is 1. The molecule has 4 aromatic rings. The molecule has 0 aliphatic heterocycles. The highest BCUT2D eigenvalue weighted by molar-refractivity contribution is 5.69. The lowest BCUT2D eigenvalue weighted by Gasteiger charge is -2.01. The Bertz CT molecular complexity index is 1070. The highest BCUT2D eigenvalue weighted by Gasteiger charge is 2.12. The molecule has 0 aliphatic carbocycles. The predicted molar refractivity (Wildman–Crippen MR) is 99.7 cm³/mol. The van der Waals surface area contributed by atoms with E-state index < -0.39 is 5.97 Å². The number of benzene rings is 2. The molecule has 0 N–H and O–H groups in total. The summed E-state index contributed by atoms with van der Waals surface area (Å²) in [6.07, 6.45) is 1.47. The Balaban J connectivity index is 1.33. The predicted octanol–water partition coefficient (Wildman–Crippen LogP) is 3.05. The Morgan fingerprint density at radius 2 is 1.86 bits per heavy atom. The van der Waals surface area contributed by atoms with Crippen LogP contribution in [-0.2, 0) is 22.7 Å². The van der Waals surface area contributed by atoms with Gasteiger partial charge in [-0.15, -0.1) is 10.2 Å². The van der Waals surface area contributed by atoms with E-state index in [0.29, 0.717) is 17.4 Å². The van der Waals surface area contributed by atoms with Crippen LogP contribution < -0.4 is 0 Å². The second-order valence-electron chi connectivity index (χ2n) is 6.18. The Hall–Kier alpha value is -3.81. The molecule has 8 nitrogen and oxygen atoms in total. The summed E-state index contributed by atoms with van der Waals surface area (Å²) < 4.78 is 10.6. The average Bonchev–Trinajstić information content (AvgIpc) is 3.37. The van der Waals surface area contributed by atoms with E-state index in [4.69, 9.17) is 9.15 Å². The highest BCUT2D eigenvalue weighted by Crippen LogP contribution is 2.18. The van der Waals surface area contributed by atoms with E-state index in [2.05, 4.69) is 20.4 Å². The number of aryl methyl sites for hydroxylation is 1. The topological polar surface area (TPSA) is 95.9 Å². The van der Waals surface area contributed by atoms with Gasteiger partial charge in [-0.05, 0) is 24.3 Å². The largest absolute Gasteiger partial charge is 0.458 e. The first kappa shape index (κ1) is 17.6. The van der Waals surface area contributed by atoms with Crippen molar-refractivity contribution < 1.29 is 13.9 Å². The molecule has 2 aromatic carbocycles. The van der Waals surface area contributed by atoms with Crippen LogP contribution in [0.15, 0.2) is 65.3 Å². The Labute approximate surface area is 160 Å². The molecule has 0 amide bonds. The average molecular weight is 375 g/mol. The van der Waals surface area contributed by atoms with Gasteiger partial charge in [0.15, 0.2) is 6.54 Å². The molecule has 2 heterocycles. The minimum absolute atomic E-state index is 0.00861. The van der Waals surface area contributed by atoms with Crippen LogP contribution in [0.25, 0.3) is 22.8 Å². The third kappa shape index (κ3) is 4.12. The number of oxazole rings is 1. The zero-order chi connectivity index (χ0) is 19.3. The van der Waals surface area contributed by atoms with E-state index in [1.165, 1.54) is 11.1 Å². The lowest BCUT2D eigenvalue weighted by Crippen LogP contribution is -2.15. The van der Waals surface area contributed by atoms with Gasteiger partial charge in [-0.1, -0.05) is 48.0 Å². The zero-order valence-electron chi connectivity index (χ0n) is 15.1. The van der Waals surface area contributed by atoms with E-state index in [0.717, 1.165) is 16.7 Å². The van der Waals surface area contributed by atoms with Crippen LogP contribution in [0.3, 0.4) is 0 Å². The first-order chi connectivity index (χ1) is 13.7. The van der Waals surface area contributed by atoms with Gasteiger partial charge < -0.3 is 9.15 Å². The van der Waals surface area contributed by atoms with Gasteiger partial charge >= 0.3 is 5.97 Å². The standard InChI is InChI=1S/C20H17N5O3/c1-14-7-9-15(10-8-14)19-22-24-25(23-19)11-18(26)27-12-17-13-28-20(21-17)16-5-3-2-4-6-16/h2-10,13H,11-12H2,1H3. The summed E-state index contributed by atoms with van der Waals surface area (Å²) in [5.74, 6) is 0.446. The number of carbonyl (C=O) groups excluding carboxylic acids is 1. The molecule has 0 bridgehead atoms. The van der Waals surface area contributed by atoms with E-state index in [-0.39, 0.29) is 13.2 Å². The van der Waals surface area contributed by atoms with Gasteiger partial charge in [0.05, 0.1) is 0 Å². The number of carbonyl (C=O) groups is 1. The molecule has 0 unspecified atom stereocenters. The summed E-state index contributed by atoms with van der Waals surface area (Å²) in [4.78, 5) is 17.6. The molecule has 0 saturated heterocycles. The minimum Gasteiger partial charge on any atom is -0.458 e. The second kappa shape index (κ2) is 7.83. The molecule has 140 valence electrons. The molecule has 0 atom stereocenters. The number of ether oxygens (including phenoxy) is 1. The monoisotopic (exact) mass is 375 g/mol. The summed E-state index contributed by atoms with van der Waals surface area (Å²) in [7, 11) is 0. The fourth-order valence-corrected chi connectivity index (χ4v) is 2.53. The van der Waals surface area contributed by atoms with Crippen LogP contribution in [0.5, 0.6) is 0 Å². The number of tetrazole rings is 1. The van der Waals surface area contributed by atoms with Crippen LogP contribution in [0, 0.1) is 6.92 Å². The molecule has 4 rings (SSSR count). The lowest BCUT2D eigenvalue weighted by atomic mass is 10.1. The molecule has 8 heteroatoms. The number of hydrogen-bond donors (Lipinski definition) is 0. The van der Waals surface area contributed by atoms with Crippen molar-refractivity contribution in [2.24, 2.45) is 0 Å². The van der Waals surface area contributed by atoms with Crippen molar-refractivity contribution in [3.63, 3.8) is 0 Å². The summed E-state index contributed by atoms with van der Waals surface area (Å²) >= 11 is 0. The molecule has 0 fully saturated rings. The van der Waals surface area contributed by atoms with Crippen LogP contribution in [0.4, 0.5) is 0 Å². The van der Waals surface area contributed by atoms with Crippen LogP contribution in [0.2, 0.25) is 0 Å². The van der Waals surface area contributed by atoms with Crippen LogP contribution in [-0.4, -0.2) is 31.2 Å². The first-order valence-corrected chi connectivity index (χ1v) is 8.68. The lowest BCUT2D eigenvalue weighted by molar-refractivity contribution is -0.146. The van der Waals surface area contributed by atoms with Crippen molar-refractivity contribution >= 4 is 5.97 Å². The van der Waals surface area contributed by atoms with Crippen molar-refractivity contribution in [1.82, 2.24) is 25.2 Å². The van der Waals surface area contributed by atoms with Gasteiger partial charge in [0.25, 0.3) is 0 Å². The Kier molecular flexibility index (Phi) is 4.92. The van der Waals surface area contributed by atoms with Crippen molar-refractivity contribution in [2.45, 2.75) is 20.1 Å². The molecule has 0 saturated carbocycles. The number of hydrogen-bond acceptors (Lipinski definition) is 7. The maximum Gasteiger partial charge on any atom is 0.330 e. The molecule has 0 radical (unpaired) electrons. The zero-order valence-corrected chi connectivity index (χ0v) is 15.1. The van der Waals surface area contributed by atoms with Crippen molar-refractivity contribution in [3.8, 4) is 22.8 Å². The minimum atomic E-state index is -0.489. The highest BCUT2D eigenvalue weighted by atomic mass is 16.5. The van der Waals surface area contributed by atoms with Crippen LogP contribution in [0.1, 0.15) is 11.3 Å². The summed E-state index contributed by atoms with van der Waals surface area (Å²) in [6, 6.07) is 17.2. The summed E-state index contributed by atoms with van der Waals surface area (Å²) in [5, 5.41) is 12.1. The van der Waals surface area contributed by atoms with Crippen LogP contribution >= 0.6 is 0 Å². The quantitative estimate of drug-likeness (QED) is 0.478. The molecule has 28 heavy (non-hydrogen) atoms. The van der Waals surface area contributed by atoms with Gasteiger partial charge in [0.1, 0.15) is 18.6 Å². The first-order valence-electron chi connectivity index (χ1n) is 8.68. The Morgan fingerprint density at radius 3 is 2.64 bits per heavy atom. The van der Waals surface area contributed by atoms with E-state index in [1.54, 1.807) is 0 Å². The fourth-order valence-electron chi connectivity index (χ4n) is 2.53. The normalized spacial score (nSPS) is 10.8. The summed E-state index contributed by atoms with van der Waals surface area (Å²) in [6.45, 7) is 1.87. The Morgan fingerprint density at radius 1 is 1.07 bits per heavy atom. The second-order valence-corrected chi connectivity index (χ2v) is 6.18. The third-order valence-corrected chi connectivity index (χ3v) is 3.99. The molecule has 2 aromatic heterocycles. The van der Waals surface area contributed by atoms with Gasteiger partial charge in [-0.2, -0.15) is 4.80 Å². The molecule has 0 spiro atoms. The van der Waals surface area contributed by atoms with Crippen molar-refractivity contribution in [1.29, 1.82) is 0 Å². The van der Waals surface area contributed by atoms with E-state index in [9.17, 15) is 4.79 Å². The van der Waals surface area contributed by atoms with Gasteiger partial charge in [0, 0.05) is 11.1 Å². The van der Waals surface area contributed by atoms with Gasteiger partial charge in [0.2, 0.25) is 11.7 Å². The number of nitrogens with zero attached hydrogens (tertiary/aromatic N) is 5. The summed E-state index contributed by atoms with van der Waals surface area (Å²) in [5.41, 5.74) is 3.36. The molecular formula is C20H17N5O3. The van der Waals surface area contributed by atoms with Crippen molar-refractivity contribution in [2.75, 3.05) is 0 Å². The maximum atomic E-state index is 12.0. The molecular weight excluding hydrogens is 358 g/mol. The van der Waals surface area contributed by atoms with E-state index in [1.807, 2.05) is 61.5 Å². The third-order valence-electron chi connectivity index (χ3n) is 3.99.